The predicted molar refractivity (Wildman–Crippen MR) is 356 cm³/mol. The Morgan fingerprint density at radius 1 is 0.480 bits per heavy atom. The van der Waals surface area contributed by atoms with Crippen LogP contribution in [0, 0.1) is 23.7 Å². The molecular formula is C68H78N4O22P2S2. The van der Waals surface area contributed by atoms with Crippen LogP contribution in [0.4, 0.5) is 11.4 Å². The van der Waals surface area contributed by atoms with E-state index in [2.05, 4.69) is 0 Å². The summed E-state index contributed by atoms with van der Waals surface area (Å²) < 4.78 is 116. The van der Waals surface area contributed by atoms with Gasteiger partial charge in [-0.15, -0.1) is 0 Å². The molecule has 6 atom stereocenters. The van der Waals surface area contributed by atoms with Crippen LogP contribution >= 0.6 is 15.6 Å². The Hall–Kier alpha value is -7.50. The van der Waals surface area contributed by atoms with E-state index in [1.54, 1.807) is 137 Å². The summed E-state index contributed by atoms with van der Waals surface area (Å²) in [4.78, 5) is 120. The summed E-state index contributed by atoms with van der Waals surface area (Å²) in [5.41, 5.74) is 2.82. The van der Waals surface area contributed by atoms with Gasteiger partial charge in [-0.3, -0.25) is 37.8 Å². The molecule has 2 fully saturated rings. The zero-order chi connectivity index (χ0) is 70.7. The molecule has 6 aromatic carbocycles. The van der Waals surface area contributed by atoms with E-state index in [0.29, 0.717) is 26.1 Å². The maximum absolute atomic E-state index is 14.2. The van der Waals surface area contributed by atoms with Crippen molar-refractivity contribution in [1.82, 2.24) is 8.61 Å². The van der Waals surface area contributed by atoms with E-state index < -0.39 is 121 Å². The molecule has 4 aliphatic rings. The lowest BCUT2D eigenvalue weighted by Crippen LogP contribution is -2.44. The lowest BCUT2D eigenvalue weighted by atomic mass is 9.90. The van der Waals surface area contributed by atoms with Crippen molar-refractivity contribution < 1.29 is 102 Å². The molecule has 0 unspecified atom stereocenters. The highest BCUT2D eigenvalue weighted by Crippen LogP contribution is 2.43. The highest BCUT2D eigenvalue weighted by atomic mass is 32.2. The molecule has 0 radical (unpaired) electrons. The molecule has 26 nitrogen and oxygen atoms in total. The van der Waals surface area contributed by atoms with E-state index in [-0.39, 0.29) is 107 Å². The van der Waals surface area contributed by atoms with Crippen LogP contribution in [0.1, 0.15) is 106 Å². The van der Waals surface area contributed by atoms with Gasteiger partial charge in [0, 0.05) is 50.9 Å². The first kappa shape index (κ1) is 74.7. The molecule has 4 N–H and O–H groups in total. The maximum Gasteiger partial charge on any atom is 0.469 e. The number of phosphoric acid groups is 2. The van der Waals surface area contributed by atoms with E-state index in [1.165, 1.54) is 48.5 Å². The number of rotatable bonds is 30. The van der Waals surface area contributed by atoms with Crippen LogP contribution in [0.2, 0.25) is 0 Å². The van der Waals surface area contributed by atoms with Crippen molar-refractivity contribution in [2.75, 3.05) is 62.4 Å². The SMILES string of the molecule is CC(C)CN(C[C@@H](OP(=O)(O)O)[C@@H](CC(=O)O[C@H]1CCOC1)Cc1ccccc1)S(=O)(=O)c1ccc(N2C(=O)c3ccccc3C2=O)cc1.CC(C)CN(C[C@@H](OP(=O)(O)O)[C@@H](CC(=O)O[C@H]1CCOC1)Cc1ccccc1)S(=O)(=O)c1ccc(N2C(=O)c3ccccc3C2=O)cc1. The zero-order valence-electron chi connectivity index (χ0n) is 54.2. The average molecular weight is 1430 g/mol. The van der Waals surface area contributed by atoms with Crippen LogP contribution in [-0.2, 0) is 79.6 Å². The number of carbonyl (C=O) groups excluding carboxylic acids is 6. The summed E-state index contributed by atoms with van der Waals surface area (Å²) in [6.45, 7) is 7.42. The molecule has 30 heteroatoms. The molecule has 4 aliphatic heterocycles. The monoisotopic (exact) mass is 1430 g/mol. The molecule has 0 aromatic heterocycles. The second kappa shape index (κ2) is 32.7. The number of phosphoric ester groups is 2. The number of ether oxygens (including phenoxy) is 4. The van der Waals surface area contributed by atoms with E-state index >= 15 is 0 Å². The molecule has 524 valence electrons. The summed E-state index contributed by atoms with van der Waals surface area (Å²) in [6.07, 6.45) is -3.08. The standard InChI is InChI=1S/2C34H39N2O11PS/c2*1-23(2)20-35(49(43,44)28-14-12-26(13-15-28)36-33(38)29-10-6-7-11-30(29)34(36)39)21-31(47-48(40,41)42)25(18-24-8-4-3-5-9-24)19-32(37)46-27-16-17-45-22-27/h2*3-15,23,25,27,31H,16-22H2,1-2H3,(H2,40,41,42)/t2*25-,27+,31-/m11/s1. The summed E-state index contributed by atoms with van der Waals surface area (Å²) in [6, 6.07) is 41.1. The quantitative estimate of drug-likeness (QED) is 0.0187. The lowest BCUT2D eigenvalue weighted by molar-refractivity contribution is -0.152. The van der Waals surface area contributed by atoms with E-state index in [4.69, 9.17) is 28.0 Å². The number of anilines is 2. The zero-order valence-corrected chi connectivity index (χ0v) is 57.6. The third kappa shape index (κ3) is 19.5. The molecule has 98 heavy (non-hydrogen) atoms. The topological polar surface area (TPSA) is 354 Å². The molecule has 4 heterocycles. The summed E-state index contributed by atoms with van der Waals surface area (Å²) >= 11 is 0. The fourth-order valence-electron chi connectivity index (χ4n) is 11.9. The van der Waals surface area contributed by atoms with Gasteiger partial charge in [-0.05, 0) is 109 Å². The van der Waals surface area contributed by atoms with Gasteiger partial charge < -0.3 is 38.5 Å². The number of benzene rings is 6. The van der Waals surface area contributed by atoms with Crippen LogP contribution in [0.3, 0.4) is 0 Å². The summed E-state index contributed by atoms with van der Waals surface area (Å²) in [5, 5.41) is 0. The number of carbonyl (C=O) groups is 6. The molecule has 4 amide bonds. The van der Waals surface area contributed by atoms with Gasteiger partial charge in [0.05, 0.1) is 94.9 Å². The number of hydrogen-bond donors (Lipinski definition) is 4. The lowest BCUT2D eigenvalue weighted by Gasteiger charge is -2.33. The first-order chi connectivity index (χ1) is 46.4. The fraction of sp³-hybridized carbons (Fsp3) is 0.382. The highest BCUT2D eigenvalue weighted by molar-refractivity contribution is 7.89. The van der Waals surface area contributed by atoms with E-state index in [9.17, 15) is 74.3 Å². The van der Waals surface area contributed by atoms with Crippen molar-refractivity contribution in [2.45, 2.75) is 100 Å². The highest BCUT2D eigenvalue weighted by Gasteiger charge is 2.42. The Balaban J connectivity index is 0.000000229. The number of nitrogens with zero attached hydrogens (tertiary/aromatic N) is 4. The smallest absolute Gasteiger partial charge is 0.460 e. The van der Waals surface area contributed by atoms with Crippen LogP contribution in [0.25, 0.3) is 0 Å². The third-order valence-electron chi connectivity index (χ3n) is 16.5. The van der Waals surface area contributed by atoms with Gasteiger partial charge in [-0.1, -0.05) is 113 Å². The molecule has 0 saturated carbocycles. The summed E-state index contributed by atoms with van der Waals surface area (Å²) in [5.74, 6) is -5.60. The number of amides is 4. The first-order valence-electron chi connectivity index (χ1n) is 31.7. The average Bonchev–Trinajstić information content (AvgIpc) is 1.59. The van der Waals surface area contributed by atoms with Crippen molar-refractivity contribution in [3.63, 3.8) is 0 Å². The Labute approximate surface area is 568 Å². The van der Waals surface area contributed by atoms with Gasteiger partial charge in [0.1, 0.15) is 12.2 Å². The number of fused-ring (bicyclic) bond motifs is 2. The van der Waals surface area contributed by atoms with E-state index in [0.717, 1.165) is 29.5 Å². The van der Waals surface area contributed by atoms with Crippen molar-refractivity contribution >= 4 is 82.6 Å². The molecule has 10 rings (SSSR count). The van der Waals surface area contributed by atoms with Crippen molar-refractivity contribution in [1.29, 1.82) is 0 Å². The number of hydrogen-bond acceptors (Lipinski definition) is 18. The Morgan fingerprint density at radius 2 is 0.786 bits per heavy atom. The second-order valence-corrected chi connectivity index (χ2v) is 31.2. The first-order valence-corrected chi connectivity index (χ1v) is 37.7. The van der Waals surface area contributed by atoms with Gasteiger partial charge in [0.2, 0.25) is 20.0 Å². The van der Waals surface area contributed by atoms with Gasteiger partial charge in [0.25, 0.3) is 23.6 Å². The minimum atomic E-state index is -5.19. The van der Waals surface area contributed by atoms with Gasteiger partial charge >= 0.3 is 27.6 Å². The van der Waals surface area contributed by atoms with Crippen LogP contribution in [0.5, 0.6) is 0 Å². The molecule has 6 aromatic rings. The number of sulfonamides is 2. The fourth-order valence-corrected chi connectivity index (χ4v) is 16.4. The van der Waals surface area contributed by atoms with Gasteiger partial charge in [-0.2, -0.15) is 8.61 Å². The second-order valence-electron chi connectivity index (χ2n) is 24.9. The van der Waals surface area contributed by atoms with Crippen LogP contribution < -0.4 is 9.80 Å². The Morgan fingerprint density at radius 3 is 1.06 bits per heavy atom. The van der Waals surface area contributed by atoms with Crippen molar-refractivity contribution in [3.8, 4) is 0 Å². The molecule has 2 saturated heterocycles. The van der Waals surface area contributed by atoms with Crippen molar-refractivity contribution in [2.24, 2.45) is 23.7 Å². The molecular weight excluding hydrogens is 1350 g/mol. The Bertz CT molecular complexity index is 3810. The molecule has 0 aliphatic carbocycles. The van der Waals surface area contributed by atoms with Crippen molar-refractivity contribution in [3.05, 3.63) is 191 Å². The molecule has 0 bridgehead atoms. The summed E-state index contributed by atoms with van der Waals surface area (Å²) in [7, 11) is -19.1. The minimum absolute atomic E-state index is 0.0502. The predicted octanol–water partition coefficient (Wildman–Crippen LogP) is 8.39. The van der Waals surface area contributed by atoms with Gasteiger partial charge in [0.15, 0.2) is 0 Å². The molecule has 0 spiro atoms. The third-order valence-corrected chi connectivity index (χ3v) is 21.2. The normalized spacial score (nSPS) is 17.8. The van der Waals surface area contributed by atoms with Crippen LogP contribution in [-0.4, -0.2) is 158 Å². The van der Waals surface area contributed by atoms with Crippen LogP contribution in [0.15, 0.2) is 168 Å². The van der Waals surface area contributed by atoms with E-state index in [1.807, 2.05) is 0 Å². The largest absolute Gasteiger partial charge is 0.469 e. The number of esters is 2. The minimum Gasteiger partial charge on any atom is -0.460 e. The Kier molecular flexibility index (Phi) is 24.9. The maximum atomic E-state index is 14.2. The van der Waals surface area contributed by atoms with Gasteiger partial charge in [-0.25, -0.2) is 35.8 Å². The number of imide groups is 2.